The van der Waals surface area contributed by atoms with E-state index in [9.17, 15) is 18.0 Å². The Bertz CT molecular complexity index is 1180. The van der Waals surface area contributed by atoms with E-state index in [-0.39, 0.29) is 11.4 Å². The normalized spacial score (nSPS) is 22.5. The summed E-state index contributed by atoms with van der Waals surface area (Å²) in [6.45, 7) is 0. The molecule has 0 bridgehead atoms. The number of aromatic nitrogens is 3. The molecular formula is C23H19F3N4O. The Hall–Kier alpha value is -3.16. The Morgan fingerprint density at radius 2 is 1.90 bits per heavy atom. The molecule has 1 amide bonds. The van der Waals surface area contributed by atoms with E-state index in [0.29, 0.717) is 23.3 Å². The number of benzene rings is 1. The number of fused-ring (bicyclic) bond motifs is 3. The third-order valence-electron chi connectivity index (χ3n) is 6.70. The summed E-state index contributed by atoms with van der Waals surface area (Å²) in [5.74, 6) is 0.867. The average molecular weight is 424 g/mol. The first kappa shape index (κ1) is 18.6. The quantitative estimate of drug-likeness (QED) is 0.677. The van der Waals surface area contributed by atoms with Crippen molar-refractivity contribution in [3.8, 4) is 5.82 Å². The van der Waals surface area contributed by atoms with Gasteiger partial charge in [-0.3, -0.25) is 4.79 Å². The van der Waals surface area contributed by atoms with Crippen molar-refractivity contribution in [2.24, 2.45) is 5.92 Å². The van der Waals surface area contributed by atoms with Crippen LogP contribution in [0.25, 0.3) is 5.82 Å². The van der Waals surface area contributed by atoms with E-state index in [4.69, 9.17) is 0 Å². The van der Waals surface area contributed by atoms with E-state index in [1.807, 2.05) is 30.3 Å². The fraction of sp³-hybridized carbons (Fsp3) is 0.348. The SMILES string of the molecule is O=C(NC1(c2ccccc2)CC1)c1nn(-c2ccc(C(F)(F)F)cn2)c2c1C[C@H]1C[C@@H]21. The molecule has 0 aliphatic heterocycles. The number of hydrogen-bond donors (Lipinski definition) is 1. The molecule has 2 saturated carbocycles. The van der Waals surface area contributed by atoms with Gasteiger partial charge in [0.05, 0.1) is 16.8 Å². The summed E-state index contributed by atoms with van der Waals surface area (Å²) >= 11 is 0. The monoisotopic (exact) mass is 424 g/mol. The Morgan fingerprint density at radius 1 is 1.13 bits per heavy atom. The molecule has 2 heterocycles. The highest BCUT2D eigenvalue weighted by Crippen LogP contribution is 2.57. The first-order valence-electron chi connectivity index (χ1n) is 10.4. The van der Waals surface area contributed by atoms with Gasteiger partial charge in [0.1, 0.15) is 0 Å². The van der Waals surface area contributed by atoms with Crippen molar-refractivity contribution >= 4 is 5.91 Å². The molecule has 3 aliphatic rings. The van der Waals surface area contributed by atoms with Crippen LogP contribution < -0.4 is 5.32 Å². The molecule has 0 unspecified atom stereocenters. The highest BCUT2D eigenvalue weighted by atomic mass is 19.4. The van der Waals surface area contributed by atoms with Crippen LogP contribution in [-0.4, -0.2) is 20.7 Å². The fourth-order valence-corrected chi connectivity index (χ4v) is 4.80. The van der Waals surface area contributed by atoms with Crippen LogP contribution in [0.2, 0.25) is 0 Å². The second-order valence-electron chi connectivity index (χ2n) is 8.74. The Balaban J connectivity index is 1.34. The summed E-state index contributed by atoms with van der Waals surface area (Å²) in [5, 5.41) is 7.71. The standard InChI is InChI=1S/C23H19F3N4O/c24-23(25,26)15-6-7-18(27-12-15)30-20-16-10-13(16)11-17(20)19(29-30)21(31)28-22(8-9-22)14-4-2-1-3-5-14/h1-7,12-13,16H,8-11H2,(H,28,31)/t13-,16-/m1/s1. The van der Waals surface area contributed by atoms with Gasteiger partial charge in [0.2, 0.25) is 0 Å². The lowest BCUT2D eigenvalue weighted by atomic mass is 10.0. The minimum atomic E-state index is -4.44. The lowest BCUT2D eigenvalue weighted by Crippen LogP contribution is -2.35. The van der Waals surface area contributed by atoms with Crippen LogP contribution in [-0.2, 0) is 18.1 Å². The zero-order valence-electron chi connectivity index (χ0n) is 16.5. The van der Waals surface area contributed by atoms with Crippen molar-refractivity contribution in [2.75, 3.05) is 0 Å². The van der Waals surface area contributed by atoms with E-state index >= 15 is 0 Å². The summed E-state index contributed by atoms with van der Waals surface area (Å²) in [5.41, 5.74) is 2.11. The van der Waals surface area contributed by atoms with Gasteiger partial charge >= 0.3 is 6.18 Å². The molecule has 2 fully saturated rings. The number of nitrogens with one attached hydrogen (secondary N) is 1. The van der Waals surface area contributed by atoms with Gasteiger partial charge in [0.15, 0.2) is 11.5 Å². The van der Waals surface area contributed by atoms with Gasteiger partial charge in [-0.25, -0.2) is 9.67 Å². The highest BCUT2D eigenvalue weighted by Gasteiger charge is 2.51. The maximum atomic E-state index is 13.2. The molecule has 31 heavy (non-hydrogen) atoms. The van der Waals surface area contributed by atoms with Gasteiger partial charge in [0.25, 0.3) is 5.91 Å². The summed E-state index contributed by atoms with van der Waals surface area (Å²) in [4.78, 5) is 17.2. The van der Waals surface area contributed by atoms with Crippen molar-refractivity contribution in [1.82, 2.24) is 20.1 Å². The summed E-state index contributed by atoms with van der Waals surface area (Å²) in [7, 11) is 0. The van der Waals surface area contributed by atoms with E-state index in [1.165, 1.54) is 6.07 Å². The molecule has 0 radical (unpaired) electrons. The Morgan fingerprint density at radius 3 is 2.55 bits per heavy atom. The second-order valence-corrected chi connectivity index (χ2v) is 8.74. The summed E-state index contributed by atoms with van der Waals surface area (Å²) in [6.07, 6.45) is -0.0812. The molecule has 3 aromatic rings. The number of carbonyl (C=O) groups excluding carboxylic acids is 1. The molecule has 8 heteroatoms. The molecule has 1 aromatic carbocycles. The predicted octanol–water partition coefficient (Wildman–Crippen LogP) is 4.36. The number of nitrogens with zero attached hydrogens (tertiary/aromatic N) is 3. The maximum absolute atomic E-state index is 13.2. The first-order valence-corrected chi connectivity index (χ1v) is 10.4. The number of amides is 1. The van der Waals surface area contributed by atoms with Gasteiger partial charge < -0.3 is 5.32 Å². The van der Waals surface area contributed by atoms with Crippen LogP contribution >= 0.6 is 0 Å². The van der Waals surface area contributed by atoms with Gasteiger partial charge in [-0.2, -0.15) is 18.3 Å². The Kier molecular flexibility index (Phi) is 3.71. The smallest absolute Gasteiger partial charge is 0.341 e. The topological polar surface area (TPSA) is 59.8 Å². The molecule has 0 saturated heterocycles. The average Bonchev–Trinajstić information content (AvgIpc) is 3.64. The maximum Gasteiger partial charge on any atom is 0.417 e. The molecule has 0 spiro atoms. The highest BCUT2D eigenvalue weighted by molar-refractivity contribution is 5.95. The van der Waals surface area contributed by atoms with Crippen LogP contribution in [0, 0.1) is 5.92 Å². The number of alkyl halides is 3. The number of rotatable bonds is 4. The third-order valence-corrected chi connectivity index (χ3v) is 6.70. The van der Waals surface area contributed by atoms with Crippen molar-refractivity contribution in [3.05, 3.63) is 76.7 Å². The van der Waals surface area contributed by atoms with E-state index < -0.39 is 11.7 Å². The summed E-state index contributed by atoms with van der Waals surface area (Å²) in [6, 6.07) is 12.2. The molecular weight excluding hydrogens is 405 g/mol. The number of hydrogen-bond acceptors (Lipinski definition) is 3. The van der Waals surface area contributed by atoms with Crippen molar-refractivity contribution < 1.29 is 18.0 Å². The number of pyridine rings is 1. The van der Waals surface area contributed by atoms with Crippen molar-refractivity contribution in [1.29, 1.82) is 0 Å². The second kappa shape index (κ2) is 6.18. The first-order chi connectivity index (χ1) is 14.9. The number of halogens is 3. The molecule has 6 rings (SSSR count). The van der Waals surface area contributed by atoms with Gasteiger partial charge in [-0.05, 0) is 49.3 Å². The van der Waals surface area contributed by atoms with Gasteiger partial charge in [-0.15, -0.1) is 0 Å². The fourth-order valence-electron chi connectivity index (χ4n) is 4.80. The van der Waals surface area contributed by atoms with Crippen LogP contribution in [0.15, 0.2) is 48.7 Å². The van der Waals surface area contributed by atoms with Crippen LogP contribution in [0.1, 0.15) is 58.1 Å². The van der Waals surface area contributed by atoms with Crippen LogP contribution in [0.3, 0.4) is 0 Å². The molecule has 1 N–H and O–H groups in total. The van der Waals surface area contributed by atoms with E-state index in [0.717, 1.165) is 54.8 Å². The molecule has 2 atom stereocenters. The predicted molar refractivity (Wildman–Crippen MR) is 106 cm³/mol. The summed E-state index contributed by atoms with van der Waals surface area (Å²) < 4.78 is 40.3. The van der Waals surface area contributed by atoms with E-state index in [1.54, 1.807) is 4.68 Å². The lowest BCUT2D eigenvalue weighted by molar-refractivity contribution is -0.137. The molecule has 2 aromatic heterocycles. The van der Waals surface area contributed by atoms with Gasteiger partial charge in [0, 0.05) is 17.7 Å². The molecule has 5 nitrogen and oxygen atoms in total. The zero-order chi connectivity index (χ0) is 21.4. The van der Waals surface area contributed by atoms with Crippen molar-refractivity contribution in [2.45, 2.75) is 43.3 Å². The largest absolute Gasteiger partial charge is 0.417 e. The third kappa shape index (κ3) is 2.96. The minimum absolute atomic E-state index is 0.232. The zero-order valence-corrected chi connectivity index (χ0v) is 16.5. The number of carbonyl (C=O) groups is 1. The minimum Gasteiger partial charge on any atom is -0.341 e. The molecule has 158 valence electrons. The molecule has 3 aliphatic carbocycles. The van der Waals surface area contributed by atoms with E-state index in [2.05, 4.69) is 15.4 Å². The van der Waals surface area contributed by atoms with Crippen LogP contribution in [0.4, 0.5) is 13.2 Å². The lowest BCUT2D eigenvalue weighted by Gasteiger charge is -2.17. The van der Waals surface area contributed by atoms with Crippen molar-refractivity contribution in [3.63, 3.8) is 0 Å². The van der Waals surface area contributed by atoms with Gasteiger partial charge in [-0.1, -0.05) is 30.3 Å². The Labute approximate surface area is 176 Å². The van der Waals surface area contributed by atoms with Crippen LogP contribution in [0.5, 0.6) is 0 Å².